The highest BCUT2D eigenvalue weighted by atomic mass is 16.5. The molecule has 7 nitrogen and oxygen atoms in total. The first-order chi connectivity index (χ1) is 13.6. The van der Waals surface area contributed by atoms with Gasteiger partial charge in [-0.3, -0.25) is 9.20 Å². The van der Waals surface area contributed by atoms with Gasteiger partial charge in [-0.15, -0.1) is 5.10 Å². The number of anilines is 1. The van der Waals surface area contributed by atoms with Crippen molar-refractivity contribution in [3.8, 4) is 11.5 Å². The third-order valence-electron chi connectivity index (χ3n) is 4.18. The standard InChI is InChI=1S/C21H18N4O3/c1-15-5-9-17(10-6-15)28-18-11-7-16(8-12-18)22-20(26)14-25-21(27)24-13-3-2-4-19(24)23-25/h2-13H,14H2,1H3,(H,22,26). The van der Waals surface area contributed by atoms with Crippen molar-refractivity contribution in [1.29, 1.82) is 0 Å². The molecule has 2 heterocycles. The molecule has 4 aromatic rings. The number of amides is 1. The lowest BCUT2D eigenvalue weighted by molar-refractivity contribution is -0.117. The van der Waals surface area contributed by atoms with Crippen molar-refractivity contribution in [2.75, 3.05) is 5.32 Å². The average Bonchev–Trinajstić information content (AvgIpc) is 3.01. The second-order valence-corrected chi connectivity index (χ2v) is 6.36. The lowest BCUT2D eigenvalue weighted by atomic mass is 10.2. The largest absolute Gasteiger partial charge is 0.457 e. The molecule has 0 aliphatic heterocycles. The van der Waals surface area contributed by atoms with E-state index in [2.05, 4.69) is 10.4 Å². The molecule has 0 aliphatic carbocycles. The molecule has 2 aromatic carbocycles. The fraction of sp³-hybridized carbons (Fsp3) is 0.0952. The minimum Gasteiger partial charge on any atom is -0.457 e. The molecule has 0 unspecified atom stereocenters. The molecule has 0 spiro atoms. The summed E-state index contributed by atoms with van der Waals surface area (Å²) >= 11 is 0. The normalized spacial score (nSPS) is 10.8. The molecule has 0 fully saturated rings. The number of carbonyl (C=O) groups is 1. The highest BCUT2D eigenvalue weighted by Gasteiger charge is 2.10. The smallest absolute Gasteiger partial charge is 0.350 e. The van der Waals surface area contributed by atoms with Crippen LogP contribution in [-0.4, -0.2) is 20.1 Å². The van der Waals surface area contributed by atoms with E-state index in [1.165, 1.54) is 4.40 Å². The lowest BCUT2D eigenvalue weighted by Crippen LogP contribution is -2.28. The number of hydrogen-bond donors (Lipinski definition) is 1. The van der Waals surface area contributed by atoms with E-state index in [9.17, 15) is 9.59 Å². The SMILES string of the molecule is Cc1ccc(Oc2ccc(NC(=O)Cn3nc4ccccn4c3=O)cc2)cc1. The molecular formula is C21H18N4O3. The number of aromatic nitrogens is 3. The summed E-state index contributed by atoms with van der Waals surface area (Å²) < 4.78 is 8.30. The number of nitrogens with zero attached hydrogens (tertiary/aromatic N) is 3. The summed E-state index contributed by atoms with van der Waals surface area (Å²) in [4.78, 5) is 24.5. The second-order valence-electron chi connectivity index (χ2n) is 6.36. The summed E-state index contributed by atoms with van der Waals surface area (Å²) in [6, 6.07) is 20.0. The van der Waals surface area contributed by atoms with E-state index >= 15 is 0 Å². The molecule has 7 heteroatoms. The van der Waals surface area contributed by atoms with Crippen LogP contribution in [0.25, 0.3) is 5.65 Å². The summed E-state index contributed by atoms with van der Waals surface area (Å²) in [5, 5.41) is 6.90. The van der Waals surface area contributed by atoms with E-state index in [0.717, 1.165) is 16.0 Å². The third kappa shape index (κ3) is 3.78. The van der Waals surface area contributed by atoms with E-state index in [0.29, 0.717) is 17.1 Å². The number of benzene rings is 2. The number of fused-ring (bicyclic) bond motifs is 1. The van der Waals surface area contributed by atoms with Gasteiger partial charge in [-0.25, -0.2) is 9.48 Å². The van der Waals surface area contributed by atoms with Crippen LogP contribution in [0.4, 0.5) is 5.69 Å². The maximum Gasteiger partial charge on any atom is 0.350 e. The van der Waals surface area contributed by atoms with Gasteiger partial charge in [0.15, 0.2) is 5.65 Å². The maximum absolute atomic E-state index is 12.3. The van der Waals surface area contributed by atoms with Gasteiger partial charge in [0.25, 0.3) is 0 Å². The first kappa shape index (κ1) is 17.5. The Kier molecular flexibility index (Phi) is 4.63. The zero-order valence-electron chi connectivity index (χ0n) is 15.2. The fourth-order valence-corrected chi connectivity index (χ4v) is 2.76. The van der Waals surface area contributed by atoms with Crippen LogP contribution in [0, 0.1) is 6.92 Å². The van der Waals surface area contributed by atoms with E-state index in [1.807, 2.05) is 31.2 Å². The molecule has 0 radical (unpaired) electrons. The first-order valence-electron chi connectivity index (χ1n) is 8.77. The van der Waals surface area contributed by atoms with Gasteiger partial charge in [-0.2, -0.15) is 0 Å². The zero-order valence-corrected chi connectivity index (χ0v) is 15.2. The molecule has 1 amide bonds. The lowest BCUT2D eigenvalue weighted by Gasteiger charge is -2.08. The van der Waals surface area contributed by atoms with Crippen LogP contribution in [0.1, 0.15) is 5.56 Å². The Morgan fingerprint density at radius 2 is 1.68 bits per heavy atom. The quantitative estimate of drug-likeness (QED) is 0.582. The van der Waals surface area contributed by atoms with Gasteiger partial charge in [0.05, 0.1) is 0 Å². The number of aryl methyl sites for hydroxylation is 1. The van der Waals surface area contributed by atoms with Crippen molar-refractivity contribution in [3.63, 3.8) is 0 Å². The van der Waals surface area contributed by atoms with E-state index in [-0.39, 0.29) is 18.1 Å². The van der Waals surface area contributed by atoms with E-state index < -0.39 is 0 Å². The highest BCUT2D eigenvalue weighted by Crippen LogP contribution is 2.23. The summed E-state index contributed by atoms with van der Waals surface area (Å²) in [6.07, 6.45) is 1.62. The second kappa shape index (κ2) is 7.40. The fourth-order valence-electron chi connectivity index (χ4n) is 2.76. The van der Waals surface area contributed by atoms with Crippen LogP contribution in [-0.2, 0) is 11.3 Å². The maximum atomic E-state index is 12.3. The number of hydrogen-bond acceptors (Lipinski definition) is 4. The third-order valence-corrected chi connectivity index (χ3v) is 4.18. The topological polar surface area (TPSA) is 77.6 Å². The number of ether oxygens (including phenoxy) is 1. The van der Waals surface area contributed by atoms with Crippen molar-refractivity contribution >= 4 is 17.2 Å². The van der Waals surface area contributed by atoms with Crippen LogP contribution in [0.15, 0.2) is 77.7 Å². The molecule has 0 bridgehead atoms. The predicted octanol–water partition coefficient (Wildman–Crippen LogP) is 3.24. The number of rotatable bonds is 5. The molecule has 2 aromatic heterocycles. The number of carbonyl (C=O) groups excluding carboxylic acids is 1. The van der Waals surface area contributed by atoms with Gasteiger partial charge < -0.3 is 10.1 Å². The van der Waals surface area contributed by atoms with Crippen LogP contribution in [0.5, 0.6) is 11.5 Å². The van der Waals surface area contributed by atoms with Crippen molar-refractivity contribution in [3.05, 3.63) is 89.0 Å². The Hall–Kier alpha value is -3.87. The van der Waals surface area contributed by atoms with Gasteiger partial charge in [0, 0.05) is 11.9 Å². The Bertz CT molecular complexity index is 1170. The van der Waals surface area contributed by atoms with Crippen LogP contribution in [0.3, 0.4) is 0 Å². The molecule has 0 atom stereocenters. The van der Waals surface area contributed by atoms with Gasteiger partial charge in [-0.1, -0.05) is 23.8 Å². The van der Waals surface area contributed by atoms with Crippen LogP contribution in [0.2, 0.25) is 0 Å². The van der Waals surface area contributed by atoms with Crippen molar-refractivity contribution in [2.45, 2.75) is 13.5 Å². The van der Waals surface area contributed by atoms with E-state index in [4.69, 9.17) is 4.74 Å². The Morgan fingerprint density at radius 3 is 2.36 bits per heavy atom. The Balaban J connectivity index is 1.40. The zero-order chi connectivity index (χ0) is 19.5. The van der Waals surface area contributed by atoms with Crippen LogP contribution >= 0.6 is 0 Å². The molecular weight excluding hydrogens is 356 g/mol. The monoisotopic (exact) mass is 374 g/mol. The Morgan fingerprint density at radius 1 is 1.00 bits per heavy atom. The van der Waals surface area contributed by atoms with Gasteiger partial charge in [0.1, 0.15) is 18.0 Å². The van der Waals surface area contributed by atoms with E-state index in [1.54, 1.807) is 48.7 Å². The minimum atomic E-state index is -0.354. The van der Waals surface area contributed by atoms with Crippen LogP contribution < -0.4 is 15.7 Å². The van der Waals surface area contributed by atoms with Gasteiger partial charge in [-0.05, 0) is 55.5 Å². The summed E-state index contributed by atoms with van der Waals surface area (Å²) in [7, 11) is 0. The number of nitrogens with one attached hydrogen (secondary N) is 1. The van der Waals surface area contributed by atoms with Gasteiger partial charge >= 0.3 is 5.69 Å². The predicted molar refractivity (Wildman–Crippen MR) is 106 cm³/mol. The van der Waals surface area contributed by atoms with Gasteiger partial charge in [0.2, 0.25) is 5.91 Å². The molecule has 0 saturated heterocycles. The molecule has 4 rings (SSSR count). The van der Waals surface area contributed by atoms with Crippen molar-refractivity contribution < 1.29 is 9.53 Å². The molecule has 0 aliphatic rings. The summed E-state index contributed by atoms with van der Waals surface area (Å²) in [5.74, 6) is 1.07. The Labute approximate surface area is 160 Å². The first-order valence-corrected chi connectivity index (χ1v) is 8.77. The molecule has 1 N–H and O–H groups in total. The number of pyridine rings is 1. The average molecular weight is 374 g/mol. The highest BCUT2D eigenvalue weighted by molar-refractivity contribution is 5.90. The minimum absolute atomic E-state index is 0.165. The summed E-state index contributed by atoms with van der Waals surface area (Å²) in [5.41, 5.74) is 1.92. The van der Waals surface area contributed by atoms with Crippen molar-refractivity contribution in [1.82, 2.24) is 14.2 Å². The van der Waals surface area contributed by atoms with Crippen molar-refractivity contribution in [2.24, 2.45) is 0 Å². The molecule has 28 heavy (non-hydrogen) atoms. The molecule has 140 valence electrons. The molecule has 0 saturated carbocycles. The summed E-state index contributed by atoms with van der Waals surface area (Å²) in [6.45, 7) is 1.85.